The molecular formula is C13H22N2O. The van der Waals surface area contributed by atoms with E-state index < -0.39 is 0 Å². The molecule has 90 valence electrons. The second kappa shape index (κ2) is 4.73. The van der Waals surface area contributed by atoms with Gasteiger partial charge in [-0.25, -0.2) is 0 Å². The Hall–Kier alpha value is -1.25. The van der Waals surface area contributed by atoms with Crippen LogP contribution in [-0.4, -0.2) is 16.5 Å². The lowest BCUT2D eigenvalue weighted by Gasteiger charge is -2.20. The van der Waals surface area contributed by atoms with Crippen LogP contribution in [0.2, 0.25) is 0 Å². The van der Waals surface area contributed by atoms with E-state index in [9.17, 15) is 4.79 Å². The summed E-state index contributed by atoms with van der Waals surface area (Å²) in [6.45, 7) is 10.4. The summed E-state index contributed by atoms with van der Waals surface area (Å²) >= 11 is 0. The highest BCUT2D eigenvalue weighted by Gasteiger charge is 2.15. The molecule has 0 saturated carbocycles. The van der Waals surface area contributed by atoms with E-state index in [2.05, 4.69) is 37.6 Å². The predicted octanol–water partition coefficient (Wildman–Crippen LogP) is 2.77. The van der Waals surface area contributed by atoms with Crippen molar-refractivity contribution in [2.75, 3.05) is 0 Å². The highest BCUT2D eigenvalue weighted by molar-refractivity contribution is 5.94. The van der Waals surface area contributed by atoms with Gasteiger partial charge in [-0.05, 0) is 40.2 Å². The van der Waals surface area contributed by atoms with E-state index in [1.54, 1.807) is 0 Å². The van der Waals surface area contributed by atoms with Gasteiger partial charge in [0.1, 0.15) is 0 Å². The first-order chi connectivity index (χ1) is 7.34. The maximum absolute atomic E-state index is 11.8. The van der Waals surface area contributed by atoms with E-state index >= 15 is 0 Å². The molecular weight excluding hydrogens is 200 g/mol. The predicted molar refractivity (Wildman–Crippen MR) is 66.6 cm³/mol. The minimum Gasteiger partial charge on any atom is -0.350 e. The van der Waals surface area contributed by atoms with Crippen molar-refractivity contribution in [2.45, 2.75) is 52.6 Å². The molecule has 1 aromatic heterocycles. The molecule has 0 aromatic carbocycles. The molecule has 1 rings (SSSR count). The number of carbonyl (C=O) groups excluding carboxylic acids is 1. The fourth-order valence-corrected chi connectivity index (χ4v) is 1.36. The van der Waals surface area contributed by atoms with Crippen LogP contribution in [0, 0.1) is 0 Å². The van der Waals surface area contributed by atoms with E-state index in [1.165, 1.54) is 0 Å². The van der Waals surface area contributed by atoms with Gasteiger partial charge in [-0.2, -0.15) is 0 Å². The van der Waals surface area contributed by atoms with Crippen molar-refractivity contribution in [3.8, 4) is 0 Å². The maximum atomic E-state index is 11.8. The topological polar surface area (TPSA) is 34.0 Å². The molecule has 0 aliphatic heterocycles. The SMILES string of the molecule is CCC(C)NC(=O)c1ccn(C(C)(C)C)c1. The fourth-order valence-electron chi connectivity index (χ4n) is 1.36. The van der Waals surface area contributed by atoms with Crippen molar-refractivity contribution < 1.29 is 4.79 Å². The third-order valence-electron chi connectivity index (χ3n) is 2.72. The molecule has 0 fully saturated rings. The van der Waals surface area contributed by atoms with Crippen molar-refractivity contribution in [1.82, 2.24) is 9.88 Å². The molecule has 0 aliphatic carbocycles. The zero-order chi connectivity index (χ0) is 12.3. The normalized spacial score (nSPS) is 13.6. The van der Waals surface area contributed by atoms with Gasteiger partial charge in [0.25, 0.3) is 5.91 Å². The van der Waals surface area contributed by atoms with E-state index in [0.29, 0.717) is 0 Å². The Labute approximate surface area is 97.8 Å². The summed E-state index contributed by atoms with van der Waals surface area (Å²) in [4.78, 5) is 11.8. The van der Waals surface area contributed by atoms with Gasteiger partial charge in [0, 0.05) is 24.0 Å². The van der Waals surface area contributed by atoms with Crippen LogP contribution in [0.5, 0.6) is 0 Å². The van der Waals surface area contributed by atoms with Crippen molar-refractivity contribution in [3.05, 3.63) is 24.0 Å². The number of hydrogen-bond acceptors (Lipinski definition) is 1. The zero-order valence-corrected chi connectivity index (χ0v) is 10.9. The Morgan fingerprint density at radius 2 is 2.12 bits per heavy atom. The summed E-state index contributed by atoms with van der Waals surface area (Å²) in [6, 6.07) is 2.09. The molecule has 0 saturated heterocycles. The number of hydrogen-bond donors (Lipinski definition) is 1. The number of rotatable bonds is 3. The number of nitrogens with one attached hydrogen (secondary N) is 1. The fraction of sp³-hybridized carbons (Fsp3) is 0.615. The average molecular weight is 222 g/mol. The molecule has 1 N–H and O–H groups in total. The molecule has 0 spiro atoms. The van der Waals surface area contributed by atoms with Crippen LogP contribution in [0.15, 0.2) is 18.5 Å². The summed E-state index contributed by atoms with van der Waals surface area (Å²) in [6.07, 6.45) is 4.80. The van der Waals surface area contributed by atoms with Crippen LogP contribution in [0.25, 0.3) is 0 Å². The first-order valence-electron chi connectivity index (χ1n) is 5.84. The molecule has 1 unspecified atom stereocenters. The smallest absolute Gasteiger partial charge is 0.253 e. The van der Waals surface area contributed by atoms with Crippen LogP contribution < -0.4 is 5.32 Å². The monoisotopic (exact) mass is 222 g/mol. The third kappa shape index (κ3) is 3.12. The Balaban J connectivity index is 2.75. The molecule has 0 bridgehead atoms. The first kappa shape index (κ1) is 12.8. The minimum atomic E-state index is 0.0114. The molecule has 16 heavy (non-hydrogen) atoms. The summed E-state index contributed by atoms with van der Waals surface area (Å²) in [5.41, 5.74) is 0.754. The highest BCUT2D eigenvalue weighted by atomic mass is 16.1. The Kier molecular flexibility index (Phi) is 3.79. The van der Waals surface area contributed by atoms with E-state index in [1.807, 2.05) is 25.4 Å². The van der Waals surface area contributed by atoms with Crippen LogP contribution in [0.4, 0.5) is 0 Å². The molecule has 0 aliphatic rings. The Morgan fingerprint density at radius 1 is 1.50 bits per heavy atom. The molecule has 1 aromatic rings. The van der Waals surface area contributed by atoms with Crippen molar-refractivity contribution in [3.63, 3.8) is 0 Å². The molecule has 1 amide bonds. The molecule has 1 heterocycles. The lowest BCUT2D eigenvalue weighted by Crippen LogP contribution is -2.31. The number of aromatic nitrogens is 1. The first-order valence-corrected chi connectivity index (χ1v) is 5.84. The number of nitrogens with zero attached hydrogens (tertiary/aromatic N) is 1. The summed E-state index contributed by atoms with van der Waals surface area (Å²) in [5.74, 6) is 0.0114. The lowest BCUT2D eigenvalue weighted by molar-refractivity contribution is 0.0939. The summed E-state index contributed by atoms with van der Waals surface area (Å²) < 4.78 is 2.05. The molecule has 3 nitrogen and oxygen atoms in total. The maximum Gasteiger partial charge on any atom is 0.253 e. The molecule has 3 heteroatoms. The minimum absolute atomic E-state index is 0.0114. The molecule has 0 radical (unpaired) electrons. The number of amides is 1. The second-order valence-electron chi connectivity index (χ2n) is 5.26. The van der Waals surface area contributed by atoms with Gasteiger partial charge < -0.3 is 9.88 Å². The number of carbonyl (C=O) groups is 1. The highest BCUT2D eigenvalue weighted by Crippen LogP contribution is 2.15. The largest absolute Gasteiger partial charge is 0.350 e. The van der Waals surface area contributed by atoms with Gasteiger partial charge in [-0.15, -0.1) is 0 Å². The van der Waals surface area contributed by atoms with Crippen LogP contribution in [0.3, 0.4) is 0 Å². The van der Waals surface area contributed by atoms with Gasteiger partial charge in [0.05, 0.1) is 5.56 Å². The van der Waals surface area contributed by atoms with E-state index in [-0.39, 0.29) is 17.5 Å². The van der Waals surface area contributed by atoms with Gasteiger partial charge in [-0.3, -0.25) is 4.79 Å². The molecule has 1 atom stereocenters. The Morgan fingerprint density at radius 3 is 2.56 bits per heavy atom. The quantitative estimate of drug-likeness (QED) is 0.838. The van der Waals surface area contributed by atoms with Crippen LogP contribution in [-0.2, 0) is 5.54 Å². The van der Waals surface area contributed by atoms with Gasteiger partial charge in [-0.1, -0.05) is 6.92 Å². The second-order valence-corrected chi connectivity index (χ2v) is 5.26. The third-order valence-corrected chi connectivity index (χ3v) is 2.72. The van der Waals surface area contributed by atoms with Crippen molar-refractivity contribution in [1.29, 1.82) is 0 Å². The van der Waals surface area contributed by atoms with E-state index in [4.69, 9.17) is 0 Å². The average Bonchev–Trinajstić information content (AvgIpc) is 2.65. The van der Waals surface area contributed by atoms with Crippen molar-refractivity contribution in [2.24, 2.45) is 0 Å². The lowest BCUT2D eigenvalue weighted by atomic mass is 10.1. The standard InChI is InChI=1S/C13H22N2O/c1-6-10(2)14-12(16)11-7-8-15(9-11)13(3,4)5/h7-10H,6H2,1-5H3,(H,14,16). The van der Waals surface area contributed by atoms with Crippen LogP contribution >= 0.6 is 0 Å². The van der Waals surface area contributed by atoms with E-state index in [0.717, 1.165) is 12.0 Å². The van der Waals surface area contributed by atoms with Gasteiger partial charge >= 0.3 is 0 Å². The van der Waals surface area contributed by atoms with Crippen molar-refractivity contribution >= 4 is 5.91 Å². The van der Waals surface area contributed by atoms with Gasteiger partial charge in [0.15, 0.2) is 0 Å². The summed E-state index contributed by atoms with van der Waals surface area (Å²) in [7, 11) is 0. The Bertz CT molecular complexity index is 360. The van der Waals surface area contributed by atoms with Gasteiger partial charge in [0.2, 0.25) is 0 Å². The van der Waals surface area contributed by atoms with Crippen LogP contribution in [0.1, 0.15) is 51.4 Å². The summed E-state index contributed by atoms with van der Waals surface area (Å²) in [5, 5.41) is 2.96. The zero-order valence-electron chi connectivity index (χ0n) is 10.9.